The van der Waals surface area contributed by atoms with Gasteiger partial charge in [-0.3, -0.25) is 4.90 Å². The lowest BCUT2D eigenvalue weighted by Gasteiger charge is -2.25. The third kappa shape index (κ3) is 4.43. The van der Waals surface area contributed by atoms with Crippen LogP contribution < -0.4 is 5.32 Å². The lowest BCUT2D eigenvalue weighted by Crippen LogP contribution is -2.37. The first-order valence-electron chi connectivity index (χ1n) is 8.53. The molecule has 1 fully saturated rings. The van der Waals surface area contributed by atoms with Crippen LogP contribution in [0.2, 0.25) is 0 Å². The van der Waals surface area contributed by atoms with Crippen LogP contribution in [-0.2, 0) is 13.1 Å². The molecule has 0 spiro atoms. The highest BCUT2D eigenvalue weighted by atomic mass is 16.4. The van der Waals surface area contributed by atoms with Crippen molar-refractivity contribution in [2.24, 2.45) is 0 Å². The molecule has 2 N–H and O–H groups in total. The minimum absolute atomic E-state index is 0.337. The van der Waals surface area contributed by atoms with Crippen molar-refractivity contribution in [3.05, 3.63) is 71.3 Å². The Labute approximate surface area is 143 Å². The van der Waals surface area contributed by atoms with Gasteiger partial charge < -0.3 is 10.4 Å². The molecule has 1 aliphatic heterocycles. The predicted molar refractivity (Wildman–Crippen MR) is 95.0 cm³/mol. The third-order valence-corrected chi connectivity index (χ3v) is 4.64. The molecule has 1 unspecified atom stereocenters. The van der Waals surface area contributed by atoms with Crippen LogP contribution in [0, 0.1) is 0 Å². The van der Waals surface area contributed by atoms with Crippen LogP contribution in [0.4, 0.5) is 0 Å². The molecule has 1 atom stereocenters. The van der Waals surface area contributed by atoms with E-state index < -0.39 is 5.97 Å². The SMILES string of the molecule is O=C(O)c1ccc(CNCC2CCCN2Cc2ccccc2)cc1. The van der Waals surface area contributed by atoms with Gasteiger partial charge in [-0.05, 0) is 42.6 Å². The Kier molecular flexibility index (Phi) is 5.62. The van der Waals surface area contributed by atoms with Gasteiger partial charge in [0.1, 0.15) is 0 Å². The van der Waals surface area contributed by atoms with E-state index in [1.807, 2.05) is 12.1 Å². The molecule has 0 radical (unpaired) electrons. The molecule has 2 aromatic carbocycles. The van der Waals surface area contributed by atoms with E-state index in [1.165, 1.54) is 18.4 Å². The summed E-state index contributed by atoms with van der Waals surface area (Å²) in [5.74, 6) is -0.878. The Morgan fingerprint density at radius 1 is 1.08 bits per heavy atom. The second-order valence-electron chi connectivity index (χ2n) is 6.39. The fourth-order valence-corrected chi connectivity index (χ4v) is 3.30. The summed E-state index contributed by atoms with van der Waals surface area (Å²) in [5.41, 5.74) is 2.82. The summed E-state index contributed by atoms with van der Waals surface area (Å²) in [4.78, 5) is 13.4. The van der Waals surface area contributed by atoms with Crippen LogP contribution in [0.1, 0.15) is 34.3 Å². The summed E-state index contributed by atoms with van der Waals surface area (Å²) in [6.07, 6.45) is 2.49. The molecule has 0 aliphatic carbocycles. The topological polar surface area (TPSA) is 52.6 Å². The van der Waals surface area contributed by atoms with Gasteiger partial charge in [0.15, 0.2) is 0 Å². The molecular formula is C20H24N2O2. The van der Waals surface area contributed by atoms with Gasteiger partial charge >= 0.3 is 5.97 Å². The van der Waals surface area contributed by atoms with E-state index in [0.717, 1.165) is 31.7 Å². The Balaban J connectivity index is 1.47. The van der Waals surface area contributed by atoms with Gasteiger partial charge in [-0.2, -0.15) is 0 Å². The first-order valence-corrected chi connectivity index (χ1v) is 8.53. The number of hydrogen-bond donors (Lipinski definition) is 2. The maximum absolute atomic E-state index is 10.9. The summed E-state index contributed by atoms with van der Waals surface area (Å²) in [5, 5.41) is 12.4. The fraction of sp³-hybridized carbons (Fsp3) is 0.350. The number of carboxylic acid groups (broad SMARTS) is 1. The highest BCUT2D eigenvalue weighted by Gasteiger charge is 2.23. The quantitative estimate of drug-likeness (QED) is 0.821. The normalized spacial score (nSPS) is 17.9. The molecule has 4 nitrogen and oxygen atoms in total. The van der Waals surface area contributed by atoms with Crippen molar-refractivity contribution in [2.45, 2.75) is 32.0 Å². The molecule has 3 rings (SSSR count). The van der Waals surface area contributed by atoms with Gasteiger partial charge in [-0.25, -0.2) is 4.79 Å². The molecule has 2 aromatic rings. The molecule has 24 heavy (non-hydrogen) atoms. The zero-order valence-corrected chi connectivity index (χ0v) is 13.8. The monoisotopic (exact) mass is 324 g/mol. The van der Waals surface area contributed by atoms with Crippen molar-refractivity contribution in [2.75, 3.05) is 13.1 Å². The number of aromatic carboxylic acids is 1. The third-order valence-electron chi connectivity index (χ3n) is 4.64. The highest BCUT2D eigenvalue weighted by Crippen LogP contribution is 2.19. The number of carbonyl (C=O) groups is 1. The van der Waals surface area contributed by atoms with Crippen LogP contribution in [0.3, 0.4) is 0 Å². The molecule has 4 heteroatoms. The van der Waals surface area contributed by atoms with Crippen LogP contribution in [0.15, 0.2) is 54.6 Å². The van der Waals surface area contributed by atoms with Crippen LogP contribution in [-0.4, -0.2) is 35.1 Å². The molecule has 0 bridgehead atoms. The maximum atomic E-state index is 10.9. The maximum Gasteiger partial charge on any atom is 0.335 e. The van der Waals surface area contributed by atoms with E-state index in [2.05, 4.69) is 40.5 Å². The number of carboxylic acids is 1. The molecule has 0 aromatic heterocycles. The number of hydrogen-bond acceptors (Lipinski definition) is 3. The van der Waals surface area contributed by atoms with Crippen molar-refractivity contribution in [3.8, 4) is 0 Å². The largest absolute Gasteiger partial charge is 0.478 e. The smallest absolute Gasteiger partial charge is 0.335 e. The van der Waals surface area contributed by atoms with Crippen LogP contribution in [0.5, 0.6) is 0 Å². The second-order valence-corrected chi connectivity index (χ2v) is 6.39. The lowest BCUT2D eigenvalue weighted by atomic mass is 10.1. The molecule has 0 saturated carbocycles. The highest BCUT2D eigenvalue weighted by molar-refractivity contribution is 5.87. The lowest BCUT2D eigenvalue weighted by molar-refractivity contribution is 0.0697. The predicted octanol–water partition coefficient (Wildman–Crippen LogP) is 3.14. The number of nitrogens with one attached hydrogen (secondary N) is 1. The van der Waals surface area contributed by atoms with E-state index >= 15 is 0 Å². The van der Waals surface area contributed by atoms with Crippen LogP contribution in [0.25, 0.3) is 0 Å². The number of likely N-dealkylation sites (tertiary alicyclic amines) is 1. The van der Waals surface area contributed by atoms with Crippen molar-refractivity contribution >= 4 is 5.97 Å². The van der Waals surface area contributed by atoms with Gasteiger partial charge in [0.2, 0.25) is 0 Å². The minimum atomic E-state index is -0.878. The summed E-state index contributed by atoms with van der Waals surface area (Å²) in [7, 11) is 0. The number of rotatable bonds is 7. The fourth-order valence-electron chi connectivity index (χ4n) is 3.30. The first kappa shape index (κ1) is 16.7. The van der Waals surface area contributed by atoms with Crippen LogP contribution >= 0.6 is 0 Å². The zero-order chi connectivity index (χ0) is 16.8. The Bertz CT molecular complexity index is 655. The molecule has 1 saturated heterocycles. The average Bonchev–Trinajstić information content (AvgIpc) is 3.03. The van der Waals surface area contributed by atoms with Crippen molar-refractivity contribution in [1.29, 1.82) is 0 Å². The molecule has 126 valence electrons. The molecule has 1 aliphatic rings. The van der Waals surface area contributed by atoms with Crippen molar-refractivity contribution < 1.29 is 9.90 Å². The summed E-state index contributed by atoms with van der Waals surface area (Å²) in [6.45, 7) is 3.91. The number of benzene rings is 2. The summed E-state index contributed by atoms with van der Waals surface area (Å²) >= 11 is 0. The van der Waals surface area contributed by atoms with Gasteiger partial charge in [-0.1, -0.05) is 42.5 Å². The van der Waals surface area contributed by atoms with Gasteiger partial charge in [-0.15, -0.1) is 0 Å². The average molecular weight is 324 g/mol. The van der Waals surface area contributed by atoms with Gasteiger partial charge in [0.05, 0.1) is 5.56 Å². The standard InChI is InChI=1S/C20H24N2O2/c23-20(24)18-10-8-16(9-11-18)13-21-14-19-7-4-12-22(19)15-17-5-2-1-3-6-17/h1-3,5-6,8-11,19,21H,4,7,12-15H2,(H,23,24). The number of nitrogens with zero attached hydrogens (tertiary/aromatic N) is 1. The van der Waals surface area contributed by atoms with E-state index in [1.54, 1.807) is 12.1 Å². The molecular weight excluding hydrogens is 300 g/mol. The van der Waals surface area contributed by atoms with Gasteiger partial charge in [0, 0.05) is 25.7 Å². The van der Waals surface area contributed by atoms with E-state index in [4.69, 9.17) is 5.11 Å². The molecule has 1 heterocycles. The van der Waals surface area contributed by atoms with E-state index in [-0.39, 0.29) is 0 Å². The summed E-state index contributed by atoms with van der Waals surface area (Å²) in [6, 6.07) is 18.3. The van der Waals surface area contributed by atoms with Crippen molar-refractivity contribution in [1.82, 2.24) is 10.2 Å². The first-order chi connectivity index (χ1) is 11.7. The Morgan fingerprint density at radius 2 is 1.83 bits per heavy atom. The minimum Gasteiger partial charge on any atom is -0.478 e. The van der Waals surface area contributed by atoms with E-state index in [0.29, 0.717) is 11.6 Å². The van der Waals surface area contributed by atoms with E-state index in [9.17, 15) is 4.79 Å². The summed E-state index contributed by atoms with van der Waals surface area (Å²) < 4.78 is 0. The second kappa shape index (κ2) is 8.08. The Morgan fingerprint density at radius 3 is 2.54 bits per heavy atom. The Hall–Kier alpha value is -2.17. The zero-order valence-electron chi connectivity index (χ0n) is 13.8. The van der Waals surface area contributed by atoms with Gasteiger partial charge in [0.25, 0.3) is 0 Å². The van der Waals surface area contributed by atoms with Crippen molar-refractivity contribution in [3.63, 3.8) is 0 Å². The molecule has 0 amide bonds.